The van der Waals surface area contributed by atoms with E-state index in [9.17, 15) is 26.8 Å². The van der Waals surface area contributed by atoms with Gasteiger partial charge in [-0.25, -0.2) is 8.42 Å². The van der Waals surface area contributed by atoms with Gasteiger partial charge in [-0.05, 0) is 49.2 Å². The van der Waals surface area contributed by atoms with Crippen LogP contribution in [0.25, 0.3) is 0 Å². The molecular formula is C20H20F2N2O4S. The highest BCUT2D eigenvalue weighted by Crippen LogP contribution is 2.22. The molecule has 9 heteroatoms. The number of alkyl halides is 2. The third kappa shape index (κ3) is 4.79. The lowest BCUT2D eigenvalue weighted by atomic mass is 9.96. The van der Waals surface area contributed by atoms with Crippen molar-refractivity contribution in [2.45, 2.75) is 23.5 Å². The van der Waals surface area contributed by atoms with Crippen molar-refractivity contribution in [3.63, 3.8) is 0 Å². The Kier molecular flexibility index (Phi) is 6.26. The molecule has 1 N–H and O–H groups in total. The maximum absolute atomic E-state index is 12.7. The number of amides is 2. The number of anilines is 1. The molecule has 2 aromatic carbocycles. The summed E-state index contributed by atoms with van der Waals surface area (Å²) in [7, 11) is -4.71. The fraction of sp³-hybridized carbons (Fsp3) is 0.300. The second kappa shape index (κ2) is 8.69. The number of piperidine rings is 1. The van der Waals surface area contributed by atoms with Crippen LogP contribution in [0.4, 0.5) is 14.5 Å². The monoisotopic (exact) mass is 422 g/mol. The third-order valence-electron chi connectivity index (χ3n) is 4.79. The number of nitrogens with zero attached hydrogens (tertiary/aromatic N) is 1. The van der Waals surface area contributed by atoms with Crippen LogP contribution in [0.2, 0.25) is 0 Å². The van der Waals surface area contributed by atoms with E-state index in [1.54, 1.807) is 12.1 Å². The van der Waals surface area contributed by atoms with Gasteiger partial charge in [-0.3, -0.25) is 9.59 Å². The van der Waals surface area contributed by atoms with Crippen molar-refractivity contribution in [1.29, 1.82) is 0 Å². The smallest absolute Gasteiger partial charge is 0.338 e. The van der Waals surface area contributed by atoms with Crippen molar-refractivity contribution in [1.82, 2.24) is 4.90 Å². The van der Waals surface area contributed by atoms with Gasteiger partial charge in [-0.2, -0.15) is 8.78 Å². The lowest BCUT2D eigenvalue weighted by Gasteiger charge is -2.32. The zero-order valence-corrected chi connectivity index (χ0v) is 16.2. The van der Waals surface area contributed by atoms with Crippen molar-refractivity contribution in [3.05, 3.63) is 60.2 Å². The highest BCUT2D eigenvalue weighted by atomic mass is 32.2. The first kappa shape index (κ1) is 20.9. The molecule has 6 nitrogen and oxygen atoms in total. The van der Waals surface area contributed by atoms with E-state index in [4.69, 9.17) is 0 Å². The van der Waals surface area contributed by atoms with Crippen molar-refractivity contribution < 1.29 is 26.8 Å². The number of hydrogen-bond acceptors (Lipinski definition) is 4. The summed E-state index contributed by atoms with van der Waals surface area (Å²) in [6.45, 7) is 0.694. The molecule has 29 heavy (non-hydrogen) atoms. The molecule has 1 aliphatic rings. The van der Waals surface area contributed by atoms with Crippen LogP contribution in [0.1, 0.15) is 23.2 Å². The summed E-state index contributed by atoms with van der Waals surface area (Å²) in [5.41, 5.74) is 0.860. The molecule has 0 radical (unpaired) electrons. The van der Waals surface area contributed by atoms with Crippen LogP contribution in [0.15, 0.2) is 59.5 Å². The lowest BCUT2D eigenvalue weighted by molar-refractivity contribution is -0.121. The molecule has 154 valence electrons. The number of para-hydroxylation sites is 1. The summed E-state index contributed by atoms with van der Waals surface area (Å²) in [4.78, 5) is 26.2. The maximum Gasteiger partial charge on any atom is 0.341 e. The molecule has 0 aromatic heterocycles. The molecule has 0 bridgehead atoms. The standard InChI is InChI=1S/C20H20F2N2O4S/c21-20(22)29(27,28)17-10-8-14(9-11-17)19(26)24-12-4-5-15(13-24)18(25)23-16-6-2-1-3-7-16/h1-3,6-11,15,20H,4-5,12-13H2,(H,23,25). The van der Waals surface area contributed by atoms with Gasteiger partial charge in [0.05, 0.1) is 10.8 Å². The second-order valence-corrected chi connectivity index (χ2v) is 8.69. The van der Waals surface area contributed by atoms with E-state index in [-0.39, 0.29) is 29.8 Å². The number of likely N-dealkylation sites (tertiary alicyclic amines) is 1. The Morgan fingerprint density at radius 1 is 1.03 bits per heavy atom. The Hall–Kier alpha value is -2.81. The number of sulfone groups is 1. The Labute approximate surface area is 167 Å². The summed E-state index contributed by atoms with van der Waals surface area (Å²) in [5.74, 6) is -4.43. The van der Waals surface area contributed by atoms with Gasteiger partial charge in [-0.1, -0.05) is 18.2 Å². The summed E-state index contributed by atoms with van der Waals surface area (Å²) < 4.78 is 48.2. The minimum absolute atomic E-state index is 0.174. The van der Waals surface area contributed by atoms with E-state index in [2.05, 4.69) is 5.32 Å². The third-order valence-corrected chi connectivity index (χ3v) is 6.18. The summed E-state index contributed by atoms with van der Waals surface area (Å²) in [5, 5.41) is 2.83. The number of nitrogens with one attached hydrogen (secondary N) is 1. The average Bonchev–Trinajstić information content (AvgIpc) is 2.74. The Morgan fingerprint density at radius 3 is 2.31 bits per heavy atom. The van der Waals surface area contributed by atoms with Gasteiger partial charge in [0.15, 0.2) is 0 Å². The number of hydrogen-bond donors (Lipinski definition) is 1. The Bertz CT molecular complexity index is 979. The molecule has 0 saturated carbocycles. The first-order valence-corrected chi connectivity index (χ1v) is 10.6. The molecule has 0 aliphatic carbocycles. The van der Waals surface area contributed by atoms with Gasteiger partial charge >= 0.3 is 5.76 Å². The summed E-state index contributed by atoms with van der Waals surface area (Å²) in [6, 6.07) is 13.4. The van der Waals surface area contributed by atoms with Crippen LogP contribution in [0, 0.1) is 5.92 Å². The Balaban J connectivity index is 1.67. The highest BCUT2D eigenvalue weighted by molar-refractivity contribution is 7.91. The van der Waals surface area contributed by atoms with E-state index in [0.29, 0.717) is 25.1 Å². The average molecular weight is 422 g/mol. The van der Waals surface area contributed by atoms with Crippen LogP contribution in [0.5, 0.6) is 0 Å². The number of halogens is 2. The fourth-order valence-corrected chi connectivity index (χ4v) is 3.94. The molecule has 1 aliphatic heterocycles. The largest absolute Gasteiger partial charge is 0.341 e. The first-order chi connectivity index (χ1) is 13.8. The first-order valence-electron chi connectivity index (χ1n) is 9.06. The normalized spacial score (nSPS) is 17.2. The molecule has 1 atom stereocenters. The van der Waals surface area contributed by atoms with Crippen LogP contribution in [0.3, 0.4) is 0 Å². The van der Waals surface area contributed by atoms with Crippen LogP contribution in [-0.4, -0.2) is 44.0 Å². The van der Waals surface area contributed by atoms with Crippen molar-refractivity contribution in [2.75, 3.05) is 18.4 Å². The van der Waals surface area contributed by atoms with E-state index in [1.807, 2.05) is 18.2 Å². The number of rotatable bonds is 5. The van der Waals surface area contributed by atoms with E-state index < -0.39 is 20.5 Å². The molecule has 2 amide bonds. The van der Waals surface area contributed by atoms with E-state index in [1.165, 1.54) is 17.0 Å². The van der Waals surface area contributed by atoms with Gasteiger partial charge in [0.25, 0.3) is 5.91 Å². The molecule has 1 unspecified atom stereocenters. The molecule has 1 heterocycles. The van der Waals surface area contributed by atoms with Crippen molar-refractivity contribution in [2.24, 2.45) is 5.92 Å². The predicted octanol–water partition coefficient (Wildman–Crippen LogP) is 3.17. The molecule has 3 rings (SSSR count). The minimum Gasteiger partial charge on any atom is -0.338 e. The van der Waals surface area contributed by atoms with Gasteiger partial charge < -0.3 is 10.2 Å². The summed E-state index contributed by atoms with van der Waals surface area (Å²) >= 11 is 0. The molecular weight excluding hydrogens is 402 g/mol. The zero-order valence-electron chi connectivity index (χ0n) is 15.4. The Morgan fingerprint density at radius 2 is 1.69 bits per heavy atom. The SMILES string of the molecule is O=C(Nc1ccccc1)C1CCCN(C(=O)c2ccc(S(=O)(=O)C(F)F)cc2)C1. The zero-order chi connectivity index (χ0) is 21.0. The molecule has 2 aromatic rings. The number of carbonyl (C=O) groups is 2. The molecule has 1 fully saturated rings. The highest BCUT2D eigenvalue weighted by Gasteiger charge is 2.30. The molecule has 1 saturated heterocycles. The predicted molar refractivity (Wildman–Crippen MR) is 103 cm³/mol. The van der Waals surface area contributed by atoms with Gasteiger partial charge in [-0.15, -0.1) is 0 Å². The fourth-order valence-electron chi connectivity index (χ4n) is 3.21. The van der Waals surface area contributed by atoms with Gasteiger partial charge in [0.1, 0.15) is 0 Å². The minimum atomic E-state index is -4.71. The van der Waals surface area contributed by atoms with Crippen molar-refractivity contribution >= 4 is 27.3 Å². The van der Waals surface area contributed by atoms with Gasteiger partial charge in [0.2, 0.25) is 15.7 Å². The van der Waals surface area contributed by atoms with E-state index >= 15 is 0 Å². The van der Waals surface area contributed by atoms with Crippen LogP contribution >= 0.6 is 0 Å². The number of carbonyl (C=O) groups excluding carboxylic acids is 2. The van der Waals surface area contributed by atoms with Gasteiger partial charge in [0, 0.05) is 24.3 Å². The van der Waals surface area contributed by atoms with E-state index in [0.717, 1.165) is 12.1 Å². The quantitative estimate of drug-likeness (QED) is 0.802. The topological polar surface area (TPSA) is 83.6 Å². The summed E-state index contributed by atoms with van der Waals surface area (Å²) in [6.07, 6.45) is 1.30. The number of benzene rings is 2. The van der Waals surface area contributed by atoms with Crippen LogP contribution < -0.4 is 5.32 Å². The van der Waals surface area contributed by atoms with Crippen LogP contribution in [-0.2, 0) is 14.6 Å². The maximum atomic E-state index is 12.7. The van der Waals surface area contributed by atoms with Crippen molar-refractivity contribution in [3.8, 4) is 0 Å². The second-order valence-electron chi connectivity index (χ2n) is 6.78. The molecule has 0 spiro atoms. The lowest BCUT2D eigenvalue weighted by Crippen LogP contribution is -2.43.